The molecule has 11 atom stereocenters. The fourth-order valence-corrected chi connectivity index (χ4v) is 8.68. The van der Waals surface area contributed by atoms with Gasteiger partial charge in [0.15, 0.2) is 6.29 Å². The molecule has 6 rings (SSSR count). The molecule has 152 valence electrons. The summed E-state index contributed by atoms with van der Waals surface area (Å²) in [4.78, 5) is 0. The van der Waals surface area contributed by atoms with Gasteiger partial charge in [0.1, 0.15) is 17.3 Å². The van der Waals surface area contributed by atoms with Crippen LogP contribution in [0.3, 0.4) is 0 Å². The molecule has 7 heteroatoms. The molecule has 6 aliphatic rings. The third-order valence-electron chi connectivity index (χ3n) is 9.12. The maximum atomic E-state index is 12.0. The molecule has 0 aromatic carbocycles. The summed E-state index contributed by atoms with van der Waals surface area (Å²) in [5, 5.41) is 35.1. The molecular weight excluding hydrogens is 352 g/mol. The van der Waals surface area contributed by atoms with Crippen LogP contribution in [-0.4, -0.2) is 77.0 Å². The van der Waals surface area contributed by atoms with E-state index >= 15 is 0 Å². The minimum absolute atomic E-state index is 0.144. The molecular formula is C20H30O7. The maximum absolute atomic E-state index is 12.0. The number of rotatable bonds is 0. The summed E-state index contributed by atoms with van der Waals surface area (Å²) in [6.45, 7) is 9.29. The van der Waals surface area contributed by atoms with Crippen LogP contribution in [0.15, 0.2) is 0 Å². The molecule has 4 saturated heterocycles. The monoisotopic (exact) mass is 382 g/mol. The Balaban J connectivity index is 1.67. The van der Waals surface area contributed by atoms with E-state index in [2.05, 4.69) is 20.8 Å². The highest BCUT2D eigenvalue weighted by atomic mass is 16.7. The van der Waals surface area contributed by atoms with Gasteiger partial charge < -0.3 is 34.3 Å². The van der Waals surface area contributed by atoms with Gasteiger partial charge in [0.25, 0.3) is 0 Å². The predicted octanol–water partition coefficient (Wildman–Crippen LogP) is 0.0507. The van der Waals surface area contributed by atoms with E-state index in [0.29, 0.717) is 19.6 Å². The normalized spacial score (nSPS) is 66.1. The van der Waals surface area contributed by atoms with Crippen LogP contribution in [-0.2, 0) is 18.9 Å². The Bertz CT molecular complexity index is 707. The van der Waals surface area contributed by atoms with Crippen LogP contribution in [0.1, 0.15) is 34.1 Å². The molecule has 4 aliphatic heterocycles. The molecule has 2 saturated carbocycles. The van der Waals surface area contributed by atoms with E-state index in [9.17, 15) is 15.3 Å². The molecule has 6 unspecified atom stereocenters. The highest BCUT2D eigenvalue weighted by molar-refractivity contribution is 5.43. The number of hydrogen-bond donors (Lipinski definition) is 3. The van der Waals surface area contributed by atoms with Crippen molar-refractivity contribution in [1.29, 1.82) is 0 Å². The standard InChI is InChI=1S/C20H30O7/c1-9-7-25-14-12(22)19-13-10(21)11(16(2,3)4)17(19)5-6-24-15(17)27-18(19,8-26-13)20(9,14)23/h9-15,21-23H,5-8H2,1-4H3/t9-,10-,11+,12?,13?,14?,15+,17?,18?,19?,20-/m1/s1. The van der Waals surface area contributed by atoms with Gasteiger partial charge in [0.05, 0.1) is 43.5 Å². The molecule has 27 heavy (non-hydrogen) atoms. The van der Waals surface area contributed by atoms with Crippen LogP contribution in [0.25, 0.3) is 0 Å². The van der Waals surface area contributed by atoms with Gasteiger partial charge >= 0.3 is 0 Å². The van der Waals surface area contributed by atoms with Crippen molar-refractivity contribution in [2.75, 3.05) is 19.8 Å². The van der Waals surface area contributed by atoms with Gasteiger partial charge in [0.2, 0.25) is 0 Å². The molecule has 4 heterocycles. The zero-order valence-electron chi connectivity index (χ0n) is 16.3. The van der Waals surface area contributed by atoms with Crippen molar-refractivity contribution in [2.24, 2.45) is 28.1 Å². The molecule has 2 spiro atoms. The Morgan fingerprint density at radius 1 is 1.04 bits per heavy atom. The summed E-state index contributed by atoms with van der Waals surface area (Å²) < 4.78 is 24.8. The highest BCUT2D eigenvalue weighted by Crippen LogP contribution is 2.84. The second-order valence-electron chi connectivity index (χ2n) is 10.8. The summed E-state index contributed by atoms with van der Waals surface area (Å²) in [7, 11) is 0. The zero-order chi connectivity index (χ0) is 19.2. The fraction of sp³-hybridized carbons (Fsp3) is 1.00. The minimum Gasteiger partial charge on any atom is -0.390 e. The third kappa shape index (κ3) is 1.35. The van der Waals surface area contributed by atoms with Gasteiger partial charge in [-0.15, -0.1) is 0 Å². The van der Waals surface area contributed by atoms with E-state index in [4.69, 9.17) is 18.9 Å². The number of fused-ring (bicyclic) bond motifs is 1. The van der Waals surface area contributed by atoms with Crippen molar-refractivity contribution in [3.63, 3.8) is 0 Å². The largest absolute Gasteiger partial charge is 0.390 e. The molecule has 3 N–H and O–H groups in total. The van der Waals surface area contributed by atoms with Crippen LogP contribution in [0.4, 0.5) is 0 Å². The molecule has 0 radical (unpaired) electrons. The minimum atomic E-state index is -1.37. The van der Waals surface area contributed by atoms with Gasteiger partial charge in [-0.25, -0.2) is 0 Å². The lowest BCUT2D eigenvalue weighted by atomic mass is 9.52. The second-order valence-corrected chi connectivity index (χ2v) is 10.8. The number of ether oxygens (including phenoxy) is 4. The lowest BCUT2D eigenvalue weighted by molar-refractivity contribution is -0.245. The quantitative estimate of drug-likeness (QED) is 0.545. The van der Waals surface area contributed by atoms with Crippen molar-refractivity contribution in [1.82, 2.24) is 0 Å². The lowest BCUT2D eigenvalue weighted by Gasteiger charge is -2.48. The highest BCUT2D eigenvalue weighted by Gasteiger charge is 2.98. The first kappa shape index (κ1) is 17.6. The predicted molar refractivity (Wildman–Crippen MR) is 91.6 cm³/mol. The smallest absolute Gasteiger partial charge is 0.165 e. The summed E-state index contributed by atoms with van der Waals surface area (Å²) in [5.41, 5.74) is -4.30. The summed E-state index contributed by atoms with van der Waals surface area (Å²) in [5.74, 6) is -0.391. The summed E-state index contributed by atoms with van der Waals surface area (Å²) in [6.07, 6.45) is -2.96. The van der Waals surface area contributed by atoms with Crippen molar-refractivity contribution >= 4 is 0 Å². The van der Waals surface area contributed by atoms with Crippen molar-refractivity contribution in [2.45, 2.75) is 76.0 Å². The zero-order valence-corrected chi connectivity index (χ0v) is 16.3. The van der Waals surface area contributed by atoms with Gasteiger partial charge in [-0.2, -0.15) is 0 Å². The van der Waals surface area contributed by atoms with Gasteiger partial charge in [-0.1, -0.05) is 27.7 Å². The average molecular weight is 382 g/mol. The Labute approximate surface area is 158 Å². The molecule has 0 bridgehead atoms. The van der Waals surface area contributed by atoms with E-state index in [-0.39, 0.29) is 23.9 Å². The molecule has 2 aliphatic carbocycles. The first-order chi connectivity index (χ1) is 12.6. The first-order valence-electron chi connectivity index (χ1n) is 10.2. The average Bonchev–Trinajstić information content (AvgIpc) is 3.30. The molecule has 0 aromatic rings. The van der Waals surface area contributed by atoms with Crippen LogP contribution in [0.5, 0.6) is 0 Å². The van der Waals surface area contributed by atoms with Crippen LogP contribution >= 0.6 is 0 Å². The summed E-state index contributed by atoms with van der Waals surface area (Å²) in [6, 6.07) is 0. The van der Waals surface area contributed by atoms with Crippen LogP contribution in [0.2, 0.25) is 0 Å². The Morgan fingerprint density at radius 3 is 2.48 bits per heavy atom. The van der Waals surface area contributed by atoms with E-state index in [1.54, 1.807) is 0 Å². The van der Waals surface area contributed by atoms with E-state index in [1.165, 1.54) is 0 Å². The van der Waals surface area contributed by atoms with Gasteiger partial charge in [0, 0.05) is 17.3 Å². The number of aliphatic hydroxyl groups excluding tert-OH is 2. The maximum Gasteiger partial charge on any atom is 0.165 e. The van der Waals surface area contributed by atoms with E-state index in [0.717, 1.165) is 0 Å². The second kappa shape index (κ2) is 4.56. The molecule has 0 amide bonds. The Morgan fingerprint density at radius 2 is 1.78 bits per heavy atom. The molecule has 6 fully saturated rings. The fourth-order valence-electron chi connectivity index (χ4n) is 8.68. The first-order valence-corrected chi connectivity index (χ1v) is 10.2. The Hall–Kier alpha value is -0.280. The van der Waals surface area contributed by atoms with E-state index in [1.807, 2.05) is 6.92 Å². The molecule has 0 aromatic heterocycles. The Kier molecular flexibility index (Phi) is 2.97. The number of hydrogen-bond acceptors (Lipinski definition) is 7. The number of aliphatic hydroxyl groups is 3. The van der Waals surface area contributed by atoms with Crippen LogP contribution < -0.4 is 0 Å². The van der Waals surface area contributed by atoms with E-state index < -0.39 is 52.7 Å². The van der Waals surface area contributed by atoms with Crippen LogP contribution in [0, 0.1) is 28.1 Å². The summed E-state index contributed by atoms with van der Waals surface area (Å²) >= 11 is 0. The van der Waals surface area contributed by atoms with Crippen molar-refractivity contribution in [3.05, 3.63) is 0 Å². The molecule has 7 nitrogen and oxygen atoms in total. The van der Waals surface area contributed by atoms with Gasteiger partial charge in [-0.05, 0) is 11.8 Å². The third-order valence-corrected chi connectivity index (χ3v) is 9.12. The SMILES string of the molecule is C[C@@H]1COC2C(O)C34C5OCC3(O[C@@H]3OCCC34[C@H](C(C)(C)C)[C@H]5O)[C@]21O. The topological polar surface area (TPSA) is 97.6 Å². The van der Waals surface area contributed by atoms with Crippen molar-refractivity contribution in [3.8, 4) is 0 Å². The van der Waals surface area contributed by atoms with Gasteiger partial charge in [-0.3, -0.25) is 0 Å². The lowest BCUT2D eigenvalue weighted by Crippen LogP contribution is -2.63. The van der Waals surface area contributed by atoms with Crippen molar-refractivity contribution < 1.29 is 34.3 Å².